The van der Waals surface area contributed by atoms with Crippen LogP contribution in [0, 0.1) is 11.8 Å². The third kappa shape index (κ3) is 2.83. The van der Waals surface area contributed by atoms with Crippen LogP contribution in [0.3, 0.4) is 0 Å². The molecule has 1 aliphatic carbocycles. The Morgan fingerprint density at radius 2 is 2.17 bits per heavy atom. The van der Waals surface area contributed by atoms with E-state index in [1.807, 2.05) is 0 Å². The minimum atomic E-state index is -0.0537. The molecule has 5 heteroatoms. The Kier molecular flexibility index (Phi) is 4.22. The molecule has 2 fully saturated rings. The smallest absolute Gasteiger partial charge is 0.227 e. The molecule has 3 unspecified atom stereocenters. The Labute approximate surface area is 108 Å². The molecule has 2 rings (SSSR count). The van der Waals surface area contributed by atoms with E-state index in [2.05, 4.69) is 12.2 Å². The van der Waals surface area contributed by atoms with Crippen molar-refractivity contribution in [3.05, 3.63) is 0 Å². The standard InChI is InChI=1S/C13H23N3O2/c1-9-3-2-4-10(12(9)14)13(18)16-7-5-11(17)15-6-8-16/h9-10,12H,2-8,14H2,1H3,(H,15,17). The van der Waals surface area contributed by atoms with Crippen LogP contribution in [-0.4, -0.2) is 42.4 Å². The number of rotatable bonds is 1. The lowest BCUT2D eigenvalue weighted by molar-refractivity contribution is -0.137. The summed E-state index contributed by atoms with van der Waals surface area (Å²) >= 11 is 0. The van der Waals surface area contributed by atoms with Gasteiger partial charge in [0.15, 0.2) is 0 Å². The van der Waals surface area contributed by atoms with Gasteiger partial charge in [0.1, 0.15) is 0 Å². The van der Waals surface area contributed by atoms with Crippen LogP contribution < -0.4 is 11.1 Å². The van der Waals surface area contributed by atoms with E-state index in [1.165, 1.54) is 0 Å². The average Bonchev–Trinajstić information content (AvgIpc) is 2.57. The summed E-state index contributed by atoms with van der Waals surface area (Å²) in [5, 5.41) is 2.79. The lowest BCUT2D eigenvalue weighted by Gasteiger charge is -2.35. The Bertz CT molecular complexity index is 332. The molecule has 3 atom stereocenters. The second-order valence-electron chi connectivity index (χ2n) is 5.52. The molecule has 5 nitrogen and oxygen atoms in total. The number of carbonyl (C=O) groups is 2. The number of nitrogens with one attached hydrogen (secondary N) is 1. The SMILES string of the molecule is CC1CCCC(C(=O)N2CCNC(=O)CC2)C1N. The Balaban J connectivity index is 1.99. The number of nitrogens with two attached hydrogens (primary N) is 1. The van der Waals surface area contributed by atoms with Gasteiger partial charge >= 0.3 is 0 Å². The summed E-state index contributed by atoms with van der Waals surface area (Å²) in [5.41, 5.74) is 6.17. The van der Waals surface area contributed by atoms with E-state index in [0.29, 0.717) is 32.0 Å². The summed E-state index contributed by atoms with van der Waals surface area (Å²) < 4.78 is 0. The zero-order chi connectivity index (χ0) is 13.1. The molecule has 0 aromatic carbocycles. The van der Waals surface area contributed by atoms with Gasteiger partial charge in [-0.15, -0.1) is 0 Å². The third-order valence-electron chi connectivity index (χ3n) is 4.24. The highest BCUT2D eigenvalue weighted by Crippen LogP contribution is 2.29. The molecule has 0 spiro atoms. The van der Waals surface area contributed by atoms with Gasteiger partial charge in [-0.05, 0) is 18.8 Å². The zero-order valence-corrected chi connectivity index (χ0v) is 11.0. The Morgan fingerprint density at radius 3 is 2.94 bits per heavy atom. The average molecular weight is 253 g/mol. The topological polar surface area (TPSA) is 75.4 Å². The largest absolute Gasteiger partial charge is 0.354 e. The monoisotopic (exact) mass is 253 g/mol. The first-order chi connectivity index (χ1) is 8.59. The number of carbonyl (C=O) groups excluding carboxylic acids is 2. The Morgan fingerprint density at radius 1 is 1.39 bits per heavy atom. The van der Waals surface area contributed by atoms with Crippen LogP contribution in [0.25, 0.3) is 0 Å². The molecule has 0 radical (unpaired) electrons. The van der Waals surface area contributed by atoms with Gasteiger partial charge in [0.25, 0.3) is 0 Å². The molecule has 2 aliphatic rings. The quantitative estimate of drug-likeness (QED) is 0.696. The first-order valence-corrected chi connectivity index (χ1v) is 6.90. The summed E-state index contributed by atoms with van der Waals surface area (Å²) in [6.07, 6.45) is 3.49. The number of nitrogens with zero attached hydrogens (tertiary/aromatic N) is 1. The zero-order valence-electron chi connectivity index (χ0n) is 11.0. The van der Waals surface area contributed by atoms with Crippen molar-refractivity contribution in [3.63, 3.8) is 0 Å². The second kappa shape index (κ2) is 5.69. The van der Waals surface area contributed by atoms with Gasteiger partial charge in [-0.3, -0.25) is 9.59 Å². The fourth-order valence-electron chi connectivity index (χ4n) is 2.95. The van der Waals surface area contributed by atoms with E-state index < -0.39 is 0 Å². The van der Waals surface area contributed by atoms with Gasteiger partial charge in [-0.2, -0.15) is 0 Å². The fourth-order valence-corrected chi connectivity index (χ4v) is 2.95. The molecule has 3 N–H and O–H groups in total. The summed E-state index contributed by atoms with van der Waals surface area (Å²) in [6, 6.07) is -0.0295. The van der Waals surface area contributed by atoms with E-state index in [1.54, 1.807) is 4.90 Å². The van der Waals surface area contributed by atoms with Crippen LogP contribution in [0.5, 0.6) is 0 Å². The molecule has 0 aromatic heterocycles. The molecule has 0 aromatic rings. The van der Waals surface area contributed by atoms with E-state index in [4.69, 9.17) is 5.73 Å². The van der Waals surface area contributed by atoms with Crippen molar-refractivity contribution >= 4 is 11.8 Å². The van der Waals surface area contributed by atoms with Crippen LogP contribution in [0.4, 0.5) is 0 Å². The molecule has 102 valence electrons. The van der Waals surface area contributed by atoms with Crippen molar-refractivity contribution in [3.8, 4) is 0 Å². The molecular weight excluding hydrogens is 230 g/mol. The van der Waals surface area contributed by atoms with Gasteiger partial charge in [-0.1, -0.05) is 13.3 Å². The fraction of sp³-hybridized carbons (Fsp3) is 0.846. The van der Waals surface area contributed by atoms with Crippen LogP contribution in [0.1, 0.15) is 32.6 Å². The first kappa shape index (κ1) is 13.3. The maximum Gasteiger partial charge on any atom is 0.227 e. The van der Waals surface area contributed by atoms with E-state index in [-0.39, 0.29) is 23.8 Å². The maximum atomic E-state index is 12.5. The van der Waals surface area contributed by atoms with Crippen molar-refractivity contribution in [1.29, 1.82) is 0 Å². The van der Waals surface area contributed by atoms with Crippen molar-refractivity contribution in [2.24, 2.45) is 17.6 Å². The van der Waals surface area contributed by atoms with Crippen LogP contribution >= 0.6 is 0 Å². The van der Waals surface area contributed by atoms with Gasteiger partial charge in [0.2, 0.25) is 11.8 Å². The summed E-state index contributed by atoms with van der Waals surface area (Å²) in [4.78, 5) is 25.6. The van der Waals surface area contributed by atoms with E-state index >= 15 is 0 Å². The summed E-state index contributed by atoms with van der Waals surface area (Å²) in [5.74, 6) is 0.540. The van der Waals surface area contributed by atoms with Gasteiger partial charge in [0, 0.05) is 32.1 Å². The van der Waals surface area contributed by atoms with Crippen molar-refractivity contribution < 1.29 is 9.59 Å². The van der Waals surface area contributed by atoms with Crippen LogP contribution in [0.15, 0.2) is 0 Å². The van der Waals surface area contributed by atoms with Crippen LogP contribution in [0.2, 0.25) is 0 Å². The first-order valence-electron chi connectivity index (χ1n) is 6.90. The lowest BCUT2D eigenvalue weighted by Crippen LogP contribution is -2.49. The van der Waals surface area contributed by atoms with Gasteiger partial charge in [0.05, 0.1) is 5.92 Å². The van der Waals surface area contributed by atoms with E-state index in [9.17, 15) is 9.59 Å². The van der Waals surface area contributed by atoms with Gasteiger partial charge < -0.3 is 16.0 Å². The molecule has 2 amide bonds. The molecular formula is C13H23N3O2. The normalized spacial score (nSPS) is 33.8. The minimum Gasteiger partial charge on any atom is -0.354 e. The molecule has 1 saturated heterocycles. The third-order valence-corrected chi connectivity index (χ3v) is 4.24. The maximum absolute atomic E-state index is 12.5. The highest BCUT2D eigenvalue weighted by Gasteiger charge is 2.35. The minimum absolute atomic E-state index is 0.0295. The van der Waals surface area contributed by atoms with Crippen LogP contribution in [-0.2, 0) is 9.59 Å². The Hall–Kier alpha value is -1.10. The molecule has 18 heavy (non-hydrogen) atoms. The summed E-state index contributed by atoms with van der Waals surface area (Å²) in [7, 11) is 0. The van der Waals surface area contributed by atoms with E-state index in [0.717, 1.165) is 19.3 Å². The second-order valence-corrected chi connectivity index (χ2v) is 5.52. The lowest BCUT2D eigenvalue weighted by atomic mass is 9.77. The number of hydrogen-bond donors (Lipinski definition) is 2. The molecule has 1 saturated carbocycles. The molecule has 1 heterocycles. The van der Waals surface area contributed by atoms with Crippen molar-refractivity contribution in [2.75, 3.05) is 19.6 Å². The predicted molar refractivity (Wildman–Crippen MR) is 68.7 cm³/mol. The predicted octanol–water partition coefficient (Wildman–Crippen LogP) is 0.0984. The highest BCUT2D eigenvalue weighted by atomic mass is 16.2. The van der Waals surface area contributed by atoms with Crippen molar-refractivity contribution in [2.45, 2.75) is 38.6 Å². The molecule has 1 aliphatic heterocycles. The van der Waals surface area contributed by atoms with Crippen molar-refractivity contribution in [1.82, 2.24) is 10.2 Å². The molecule has 0 bridgehead atoms. The number of amides is 2. The summed E-state index contributed by atoms with van der Waals surface area (Å²) in [6.45, 7) is 3.82. The van der Waals surface area contributed by atoms with Gasteiger partial charge in [-0.25, -0.2) is 0 Å². The number of hydrogen-bond acceptors (Lipinski definition) is 3. The highest BCUT2D eigenvalue weighted by molar-refractivity contribution is 5.82.